The first-order chi connectivity index (χ1) is 43.9. The van der Waals surface area contributed by atoms with E-state index in [1.807, 2.05) is 75.4 Å². The maximum absolute atomic E-state index is 11.7. The fourth-order valence-corrected chi connectivity index (χ4v) is 8.23. The van der Waals surface area contributed by atoms with Crippen molar-refractivity contribution in [3.05, 3.63) is 153 Å². The van der Waals surface area contributed by atoms with Gasteiger partial charge in [-0.25, -0.2) is 14.4 Å². The molecule has 0 saturated carbocycles. The Morgan fingerprint density at radius 3 is 1.14 bits per heavy atom. The normalized spacial score (nSPS) is 9.97. The summed E-state index contributed by atoms with van der Waals surface area (Å²) in [5.74, 6) is -1.47. The van der Waals surface area contributed by atoms with E-state index in [-0.39, 0.29) is 99.5 Å². The number of ketones is 6. The van der Waals surface area contributed by atoms with Crippen molar-refractivity contribution in [1.29, 1.82) is 0 Å². The van der Waals surface area contributed by atoms with Gasteiger partial charge in [-0.2, -0.15) is 0 Å². The molecule has 22 heteroatoms. The lowest BCUT2D eigenvalue weighted by atomic mass is 9.98. The van der Waals surface area contributed by atoms with Gasteiger partial charge in [0.05, 0.1) is 60.1 Å². The summed E-state index contributed by atoms with van der Waals surface area (Å²) in [5.41, 5.74) is 7.77. The lowest BCUT2D eigenvalue weighted by Crippen LogP contribution is -2.20. The maximum Gasteiger partial charge on any atom is 0.340 e. The summed E-state index contributed by atoms with van der Waals surface area (Å²) in [6.07, 6.45) is 5.82. The van der Waals surface area contributed by atoms with Crippen LogP contribution in [0.15, 0.2) is 103 Å². The Kier molecular flexibility index (Phi) is 40.3. The van der Waals surface area contributed by atoms with Crippen molar-refractivity contribution in [3.8, 4) is 0 Å². The van der Waals surface area contributed by atoms with Crippen molar-refractivity contribution >= 4 is 131 Å². The largest absolute Gasteiger partial charge is 0.465 e. The number of Topliss-reactive ketones (excluding diaryl/α,β-unsaturated/α-hetero) is 6. The Morgan fingerprint density at radius 2 is 0.696 bits per heavy atom. The second kappa shape index (κ2) is 45.6. The molecule has 0 aliphatic carbocycles. The molecule has 0 heterocycles. The smallest absolute Gasteiger partial charge is 0.340 e. The van der Waals surface area contributed by atoms with Crippen LogP contribution in [0, 0.1) is 0 Å². The number of anilines is 4. The number of rotatable bonds is 29. The van der Waals surface area contributed by atoms with Crippen LogP contribution in [0.5, 0.6) is 0 Å². The van der Waals surface area contributed by atoms with E-state index < -0.39 is 17.9 Å². The first kappa shape index (κ1) is 81.4. The molecule has 0 aliphatic rings. The minimum absolute atomic E-state index is 0.0311. The number of hydrogen-bond donors (Lipinski definition) is 4. The molecule has 5 aromatic carbocycles. The average molecular weight is 1400 g/mol. The van der Waals surface area contributed by atoms with Gasteiger partial charge in [0.15, 0.2) is 0 Å². The summed E-state index contributed by atoms with van der Waals surface area (Å²) in [6.45, 7) is 14.5. The molecule has 0 saturated heterocycles. The molecular formula is C70H86Br2N4O16. The second-order valence-electron chi connectivity index (χ2n) is 20.2. The summed E-state index contributed by atoms with van der Waals surface area (Å²) >= 11 is 6.04. The number of benzene rings is 5. The topological polar surface area (TPSA) is 298 Å². The quantitative estimate of drug-likeness (QED) is 0.0196. The molecule has 92 heavy (non-hydrogen) atoms. The van der Waals surface area contributed by atoms with Crippen LogP contribution in [0.2, 0.25) is 0 Å². The van der Waals surface area contributed by atoms with E-state index in [1.165, 1.54) is 27.4 Å². The number of para-hydroxylation sites is 2. The monoisotopic (exact) mass is 1400 g/mol. The van der Waals surface area contributed by atoms with Crippen LogP contribution < -0.4 is 21.3 Å². The summed E-state index contributed by atoms with van der Waals surface area (Å²) < 4.78 is 14.0. The molecule has 0 fully saturated rings. The van der Waals surface area contributed by atoms with Gasteiger partial charge in [-0.15, -0.1) is 0 Å². The number of nitrogens with one attached hydrogen (secondary N) is 4. The molecule has 20 nitrogen and oxygen atoms in total. The first-order valence-electron chi connectivity index (χ1n) is 30.1. The van der Waals surface area contributed by atoms with Gasteiger partial charge < -0.3 is 35.5 Å². The van der Waals surface area contributed by atoms with E-state index in [0.717, 1.165) is 33.5 Å². The van der Waals surface area contributed by atoms with Crippen molar-refractivity contribution in [1.82, 2.24) is 0 Å². The van der Waals surface area contributed by atoms with E-state index in [2.05, 4.69) is 62.6 Å². The zero-order chi connectivity index (χ0) is 69.3. The highest BCUT2D eigenvalue weighted by Gasteiger charge is 2.20. The van der Waals surface area contributed by atoms with E-state index in [1.54, 1.807) is 77.1 Å². The fourth-order valence-electron chi connectivity index (χ4n) is 7.95. The van der Waals surface area contributed by atoms with Crippen LogP contribution in [0.4, 0.5) is 22.7 Å². The number of carbonyl (C=O) groups excluding carboxylic acids is 13. The van der Waals surface area contributed by atoms with Gasteiger partial charge >= 0.3 is 17.9 Å². The summed E-state index contributed by atoms with van der Waals surface area (Å²) in [4.78, 5) is 149. The van der Waals surface area contributed by atoms with E-state index in [4.69, 9.17) is 4.74 Å². The fraction of sp³-hybridized carbons (Fsp3) is 0.386. The zero-order valence-electron chi connectivity index (χ0n) is 54.4. The van der Waals surface area contributed by atoms with Gasteiger partial charge in [0.1, 0.15) is 34.7 Å². The molecule has 0 spiro atoms. The number of amides is 4. The van der Waals surface area contributed by atoms with Gasteiger partial charge in [0.2, 0.25) is 23.6 Å². The molecule has 5 rings (SSSR count). The molecule has 0 aliphatic heterocycles. The number of carbonyl (C=O) groups is 13. The number of esters is 3. The number of methoxy groups -OCH3 is 3. The average Bonchev–Trinajstić information content (AvgIpc) is 0.981. The number of ether oxygens (including phenoxy) is 3. The number of halogens is 2. The Morgan fingerprint density at radius 1 is 0.326 bits per heavy atom. The number of alkyl halides is 2. The van der Waals surface area contributed by atoms with Crippen LogP contribution in [-0.2, 0) is 101 Å². The van der Waals surface area contributed by atoms with Crippen LogP contribution in [0.1, 0.15) is 171 Å². The predicted octanol–water partition coefficient (Wildman–Crippen LogP) is 12.3. The van der Waals surface area contributed by atoms with Crippen molar-refractivity contribution in [3.63, 3.8) is 0 Å². The van der Waals surface area contributed by atoms with E-state index in [9.17, 15) is 62.3 Å². The summed E-state index contributed by atoms with van der Waals surface area (Å²) in [5, 5.41) is 10.8. The van der Waals surface area contributed by atoms with Gasteiger partial charge in [0.25, 0.3) is 0 Å². The molecule has 0 atom stereocenters. The standard InChI is InChI=1S/C16H20O4.C15H19NO4.C14H18O2.C13H17NO2.C12H12Br2N2O4/c1-4-14(17)9-11-6-12(10-15(18)5-2)8-13(7-11)16(19)20-3;1-4-12(17)9-11-8-10(15(19)20-3)6-7-13(11)16-14(18)5-2;1-3-13(15)9-11-6-5-7-12(8-11)10-14(16)4-2;1-3-11(15)9-10-7-5-6-8-12(10)14-13(16)4-2;1-20-12(19)7-3-2-4-8(15-9(17)5-13)11(7)16-10(18)6-14/h6-8H,4-5,9-10H2,1-3H3;6-8H,4-5,9H2,1-3H3,(H,16,18);5-8H,3-4,9-10H2,1-2H3;5-8H,3-4,9H2,1-2H3,(H,14,16);2-4H,5-6H2,1H3,(H,15,17)(H,16,18). The van der Waals surface area contributed by atoms with Crippen molar-refractivity contribution in [2.45, 2.75) is 145 Å². The van der Waals surface area contributed by atoms with Gasteiger partial charge in [-0.05, 0) is 81.9 Å². The van der Waals surface area contributed by atoms with E-state index >= 15 is 0 Å². The highest BCUT2D eigenvalue weighted by Crippen LogP contribution is 2.28. The SMILES string of the molecule is CCC(=O)Cc1cc(C(=O)OC)ccc1NC(=O)CC.CCC(=O)Cc1cc(CC(=O)CC)cc(C(=O)OC)c1.CCC(=O)Cc1cccc(CC(=O)CC)c1.CCC(=O)Cc1ccccc1NC(=O)CC.COC(=O)c1cccc(NC(=O)CBr)c1NC(=O)CBr. The molecule has 496 valence electrons. The van der Waals surface area contributed by atoms with Crippen LogP contribution >= 0.6 is 31.9 Å². The molecular weight excluding hydrogens is 1310 g/mol. The molecule has 0 unspecified atom stereocenters. The Bertz CT molecular complexity index is 3240. The third kappa shape index (κ3) is 31.4. The molecule has 0 aromatic heterocycles. The highest BCUT2D eigenvalue weighted by atomic mass is 79.9. The third-order valence-electron chi connectivity index (χ3n) is 13.2. The highest BCUT2D eigenvalue weighted by molar-refractivity contribution is 9.09. The van der Waals surface area contributed by atoms with Crippen molar-refractivity contribution in [2.75, 3.05) is 53.3 Å². The van der Waals surface area contributed by atoms with Gasteiger partial charge in [-0.3, -0.25) is 47.9 Å². The van der Waals surface area contributed by atoms with E-state index in [0.29, 0.717) is 98.7 Å². The maximum atomic E-state index is 11.7. The molecule has 0 bridgehead atoms. The van der Waals surface area contributed by atoms with Crippen molar-refractivity contribution < 1.29 is 76.5 Å². The van der Waals surface area contributed by atoms with Crippen LogP contribution in [-0.4, -0.2) is 108 Å². The second-order valence-corrected chi connectivity index (χ2v) is 21.3. The number of hydrogen-bond acceptors (Lipinski definition) is 16. The lowest BCUT2D eigenvalue weighted by molar-refractivity contribution is -0.119. The van der Waals surface area contributed by atoms with Crippen molar-refractivity contribution in [2.24, 2.45) is 0 Å². The Labute approximate surface area is 556 Å². The van der Waals surface area contributed by atoms with Gasteiger partial charge in [0, 0.05) is 101 Å². The summed E-state index contributed by atoms with van der Waals surface area (Å²) in [7, 11) is 3.84. The molecule has 4 amide bonds. The molecule has 4 N–H and O–H groups in total. The van der Waals surface area contributed by atoms with Gasteiger partial charge in [-0.1, -0.05) is 142 Å². The Balaban J connectivity index is 0.000000577. The minimum Gasteiger partial charge on any atom is -0.465 e. The minimum atomic E-state index is -0.607. The predicted molar refractivity (Wildman–Crippen MR) is 363 cm³/mol. The van der Waals surface area contributed by atoms with Crippen LogP contribution in [0.3, 0.4) is 0 Å². The Hall–Kier alpha value is -8.63. The first-order valence-corrected chi connectivity index (χ1v) is 32.3. The van der Waals surface area contributed by atoms with Crippen LogP contribution in [0.25, 0.3) is 0 Å². The lowest BCUT2D eigenvalue weighted by Gasteiger charge is -2.14. The molecule has 5 aromatic rings. The zero-order valence-corrected chi connectivity index (χ0v) is 57.6. The third-order valence-corrected chi connectivity index (χ3v) is 14.2. The summed E-state index contributed by atoms with van der Waals surface area (Å²) in [6, 6.07) is 29.7. The molecule has 0 radical (unpaired) electrons.